The molecule has 0 aliphatic heterocycles. The van der Waals surface area contributed by atoms with Crippen molar-refractivity contribution >= 4 is 17.7 Å². The van der Waals surface area contributed by atoms with Crippen LogP contribution < -0.4 is 5.32 Å². The molecular formula is C23H20N2OS. The predicted molar refractivity (Wildman–Crippen MR) is 110 cm³/mol. The van der Waals surface area contributed by atoms with Crippen LogP contribution in [0, 0.1) is 11.3 Å². The lowest BCUT2D eigenvalue weighted by atomic mass is 9.99. The lowest BCUT2D eigenvalue weighted by molar-refractivity contribution is -0.119. The Bertz CT molecular complexity index is 880. The van der Waals surface area contributed by atoms with Crippen molar-refractivity contribution in [3.05, 3.63) is 107 Å². The van der Waals surface area contributed by atoms with E-state index in [0.717, 1.165) is 16.7 Å². The summed E-state index contributed by atoms with van der Waals surface area (Å²) in [6.45, 7) is 0. The Morgan fingerprint density at radius 2 is 1.44 bits per heavy atom. The number of hydrogen-bond acceptors (Lipinski definition) is 3. The van der Waals surface area contributed by atoms with Gasteiger partial charge in [-0.2, -0.15) is 5.26 Å². The summed E-state index contributed by atoms with van der Waals surface area (Å²) >= 11 is 1.51. The van der Waals surface area contributed by atoms with E-state index in [4.69, 9.17) is 5.26 Å². The highest BCUT2D eigenvalue weighted by molar-refractivity contribution is 7.99. The van der Waals surface area contributed by atoms with Gasteiger partial charge in [0, 0.05) is 5.75 Å². The fourth-order valence-electron chi connectivity index (χ4n) is 2.86. The number of carbonyl (C=O) groups is 1. The topological polar surface area (TPSA) is 52.9 Å². The van der Waals surface area contributed by atoms with Gasteiger partial charge in [-0.15, -0.1) is 11.8 Å². The highest BCUT2D eigenvalue weighted by atomic mass is 32.2. The van der Waals surface area contributed by atoms with Gasteiger partial charge in [-0.3, -0.25) is 4.79 Å². The third kappa shape index (κ3) is 5.22. The van der Waals surface area contributed by atoms with E-state index in [-0.39, 0.29) is 11.9 Å². The van der Waals surface area contributed by atoms with Crippen LogP contribution in [0.1, 0.15) is 28.3 Å². The molecule has 3 aromatic rings. The molecule has 3 nitrogen and oxygen atoms in total. The highest BCUT2D eigenvalue weighted by Gasteiger charge is 2.16. The van der Waals surface area contributed by atoms with Crippen molar-refractivity contribution in [1.82, 2.24) is 5.32 Å². The molecule has 0 radical (unpaired) electrons. The summed E-state index contributed by atoms with van der Waals surface area (Å²) in [7, 11) is 0. The molecule has 0 aliphatic carbocycles. The summed E-state index contributed by atoms with van der Waals surface area (Å²) in [6.07, 6.45) is 0. The molecule has 1 N–H and O–H groups in total. The molecule has 0 aliphatic rings. The van der Waals surface area contributed by atoms with E-state index >= 15 is 0 Å². The van der Waals surface area contributed by atoms with Gasteiger partial charge in [0.25, 0.3) is 0 Å². The van der Waals surface area contributed by atoms with E-state index in [1.165, 1.54) is 11.8 Å². The van der Waals surface area contributed by atoms with E-state index in [0.29, 0.717) is 17.1 Å². The molecule has 0 heterocycles. The fourth-order valence-corrected chi connectivity index (χ4v) is 3.70. The normalized spacial score (nSPS) is 10.4. The zero-order valence-corrected chi connectivity index (χ0v) is 15.7. The van der Waals surface area contributed by atoms with Gasteiger partial charge >= 0.3 is 0 Å². The van der Waals surface area contributed by atoms with Gasteiger partial charge in [-0.1, -0.05) is 78.9 Å². The molecular weight excluding hydrogens is 352 g/mol. The lowest BCUT2D eigenvalue weighted by Gasteiger charge is -2.20. The summed E-state index contributed by atoms with van der Waals surface area (Å²) in [4.78, 5) is 12.5. The van der Waals surface area contributed by atoms with Crippen LogP contribution in [0.2, 0.25) is 0 Å². The largest absolute Gasteiger partial charge is 0.344 e. The fraction of sp³-hybridized carbons (Fsp3) is 0.130. The molecule has 3 rings (SSSR count). The Morgan fingerprint density at radius 3 is 2.04 bits per heavy atom. The molecule has 0 saturated carbocycles. The first kappa shape index (κ1) is 18.8. The smallest absolute Gasteiger partial charge is 0.230 e. The van der Waals surface area contributed by atoms with Crippen molar-refractivity contribution < 1.29 is 4.79 Å². The van der Waals surface area contributed by atoms with Crippen molar-refractivity contribution in [2.45, 2.75) is 11.8 Å². The number of benzene rings is 3. The molecule has 0 fully saturated rings. The van der Waals surface area contributed by atoms with Crippen LogP contribution in [0.3, 0.4) is 0 Å². The predicted octanol–water partition coefficient (Wildman–Crippen LogP) is 4.70. The van der Waals surface area contributed by atoms with Gasteiger partial charge in [0.2, 0.25) is 5.91 Å². The number of thioether (sulfide) groups is 1. The van der Waals surface area contributed by atoms with Crippen molar-refractivity contribution in [3.8, 4) is 6.07 Å². The highest BCUT2D eigenvalue weighted by Crippen LogP contribution is 2.22. The van der Waals surface area contributed by atoms with Gasteiger partial charge in [0.05, 0.1) is 23.4 Å². The number of amides is 1. The van der Waals surface area contributed by atoms with Gasteiger partial charge in [-0.05, 0) is 22.8 Å². The Hall–Kier alpha value is -3.03. The van der Waals surface area contributed by atoms with Crippen LogP contribution in [-0.2, 0) is 10.5 Å². The minimum Gasteiger partial charge on any atom is -0.344 e. The van der Waals surface area contributed by atoms with Crippen LogP contribution in [0.4, 0.5) is 0 Å². The average Bonchev–Trinajstić information content (AvgIpc) is 2.73. The second-order valence-electron chi connectivity index (χ2n) is 6.08. The maximum atomic E-state index is 12.5. The van der Waals surface area contributed by atoms with Crippen LogP contribution >= 0.6 is 11.8 Å². The van der Waals surface area contributed by atoms with E-state index in [2.05, 4.69) is 11.4 Å². The van der Waals surface area contributed by atoms with Crippen molar-refractivity contribution in [3.63, 3.8) is 0 Å². The number of carbonyl (C=O) groups excluding carboxylic acids is 1. The summed E-state index contributed by atoms with van der Waals surface area (Å²) in [6, 6.07) is 29.5. The zero-order chi connectivity index (χ0) is 18.9. The molecule has 4 heteroatoms. The van der Waals surface area contributed by atoms with E-state index in [9.17, 15) is 4.79 Å². The third-order valence-electron chi connectivity index (χ3n) is 4.20. The van der Waals surface area contributed by atoms with E-state index in [1.54, 1.807) is 6.07 Å². The molecule has 0 saturated heterocycles. The molecule has 0 aromatic heterocycles. The quantitative estimate of drug-likeness (QED) is 0.654. The lowest BCUT2D eigenvalue weighted by Crippen LogP contribution is -2.30. The van der Waals surface area contributed by atoms with Gasteiger partial charge in [0.15, 0.2) is 0 Å². The Kier molecular flexibility index (Phi) is 6.67. The van der Waals surface area contributed by atoms with Crippen molar-refractivity contribution in [1.29, 1.82) is 5.26 Å². The zero-order valence-electron chi connectivity index (χ0n) is 14.8. The summed E-state index contributed by atoms with van der Waals surface area (Å²) in [5, 5.41) is 12.3. The van der Waals surface area contributed by atoms with Crippen LogP contribution in [0.25, 0.3) is 0 Å². The van der Waals surface area contributed by atoms with Crippen molar-refractivity contribution in [2.24, 2.45) is 0 Å². The van der Waals surface area contributed by atoms with Crippen LogP contribution in [0.5, 0.6) is 0 Å². The number of nitrogens with one attached hydrogen (secondary N) is 1. The summed E-state index contributed by atoms with van der Waals surface area (Å²) in [5.41, 5.74) is 3.73. The molecule has 134 valence electrons. The van der Waals surface area contributed by atoms with Gasteiger partial charge < -0.3 is 5.32 Å². The number of hydrogen-bond donors (Lipinski definition) is 1. The van der Waals surface area contributed by atoms with Crippen molar-refractivity contribution in [2.75, 3.05) is 5.75 Å². The van der Waals surface area contributed by atoms with Gasteiger partial charge in [0.1, 0.15) is 0 Å². The van der Waals surface area contributed by atoms with E-state index < -0.39 is 0 Å². The summed E-state index contributed by atoms with van der Waals surface area (Å²) in [5.74, 6) is 0.959. The second-order valence-corrected chi connectivity index (χ2v) is 7.07. The number of rotatable bonds is 7. The average molecular weight is 372 g/mol. The number of nitrogens with zero attached hydrogens (tertiary/aromatic N) is 1. The third-order valence-corrected chi connectivity index (χ3v) is 5.18. The first-order valence-corrected chi connectivity index (χ1v) is 9.88. The molecule has 1 amide bonds. The Balaban J connectivity index is 1.64. The standard InChI is InChI=1S/C23H20N2OS/c24-15-20-13-7-8-14-21(20)16-27-17-22(26)25-23(18-9-3-1-4-10-18)19-11-5-2-6-12-19/h1-14,23H,16-17H2,(H,25,26). The first-order valence-electron chi connectivity index (χ1n) is 8.73. The number of nitriles is 1. The summed E-state index contributed by atoms with van der Waals surface area (Å²) < 4.78 is 0. The molecule has 0 spiro atoms. The second kappa shape index (κ2) is 9.61. The first-order chi connectivity index (χ1) is 13.3. The van der Waals surface area contributed by atoms with Crippen LogP contribution in [0.15, 0.2) is 84.9 Å². The molecule has 0 atom stereocenters. The monoisotopic (exact) mass is 372 g/mol. The van der Waals surface area contributed by atoms with E-state index in [1.807, 2.05) is 78.9 Å². The SMILES string of the molecule is N#Cc1ccccc1CSCC(=O)NC(c1ccccc1)c1ccccc1. The molecule has 27 heavy (non-hydrogen) atoms. The van der Waals surface area contributed by atoms with Crippen LogP contribution in [-0.4, -0.2) is 11.7 Å². The van der Waals surface area contributed by atoms with Gasteiger partial charge in [-0.25, -0.2) is 0 Å². The minimum absolute atomic E-state index is 0.0212. The molecule has 0 bridgehead atoms. The maximum absolute atomic E-state index is 12.5. The molecule has 0 unspecified atom stereocenters. The minimum atomic E-state index is -0.174. The molecule has 3 aromatic carbocycles. The maximum Gasteiger partial charge on any atom is 0.230 e. The Morgan fingerprint density at radius 1 is 0.889 bits per heavy atom. The Labute approximate surface area is 164 Å².